The fourth-order valence-corrected chi connectivity index (χ4v) is 2.99. The fraction of sp³-hybridized carbons (Fsp3) is 0.571. The van der Waals surface area contributed by atoms with Crippen molar-refractivity contribution < 1.29 is 18.9 Å². The van der Waals surface area contributed by atoms with Crippen LogP contribution in [0.2, 0.25) is 0 Å². The van der Waals surface area contributed by atoms with E-state index in [9.17, 15) is 0 Å². The first-order valence-corrected chi connectivity index (χ1v) is 7.59. The molecule has 0 radical (unpaired) electrons. The smallest absolute Gasteiger partial charge is 0.170 e. The van der Waals surface area contributed by atoms with Gasteiger partial charge >= 0.3 is 0 Å². The average Bonchev–Trinajstić information content (AvgIpc) is 2.97. The van der Waals surface area contributed by atoms with Crippen LogP contribution in [0.15, 0.2) is 16.6 Å². The van der Waals surface area contributed by atoms with Crippen LogP contribution in [-0.2, 0) is 9.47 Å². The summed E-state index contributed by atoms with van der Waals surface area (Å²) in [5, 5.41) is 3.41. The van der Waals surface area contributed by atoms with E-state index in [1.54, 1.807) is 0 Å². The van der Waals surface area contributed by atoms with Crippen LogP contribution in [-0.4, -0.2) is 39.3 Å². The maximum Gasteiger partial charge on any atom is 0.170 e. The summed E-state index contributed by atoms with van der Waals surface area (Å²) in [6.45, 7) is 5.32. The quantitative estimate of drug-likeness (QED) is 0.908. The molecule has 0 bridgehead atoms. The van der Waals surface area contributed by atoms with Crippen molar-refractivity contribution >= 4 is 15.9 Å². The van der Waals surface area contributed by atoms with E-state index in [2.05, 4.69) is 28.2 Å². The lowest BCUT2D eigenvalue weighted by molar-refractivity contribution is -0.0404. The zero-order valence-electron chi connectivity index (χ0n) is 11.4. The van der Waals surface area contributed by atoms with Crippen molar-refractivity contribution in [3.8, 4) is 11.5 Å². The van der Waals surface area contributed by atoms with Gasteiger partial charge in [0.2, 0.25) is 0 Å². The van der Waals surface area contributed by atoms with Crippen LogP contribution in [0.4, 0.5) is 0 Å². The van der Waals surface area contributed by atoms with E-state index >= 15 is 0 Å². The normalized spacial score (nSPS) is 20.1. The molecule has 5 nitrogen and oxygen atoms in total. The van der Waals surface area contributed by atoms with E-state index in [0.717, 1.165) is 21.5 Å². The van der Waals surface area contributed by atoms with E-state index in [4.69, 9.17) is 18.9 Å². The minimum atomic E-state index is -0.145. The van der Waals surface area contributed by atoms with Crippen molar-refractivity contribution in [3.05, 3.63) is 22.2 Å². The van der Waals surface area contributed by atoms with Crippen LogP contribution < -0.4 is 14.8 Å². The number of benzene rings is 1. The molecule has 1 saturated heterocycles. The molecule has 1 atom stereocenters. The third-order valence-electron chi connectivity index (χ3n) is 3.41. The molecule has 0 amide bonds. The molecule has 0 saturated carbocycles. The Labute approximate surface area is 126 Å². The molecule has 1 fully saturated rings. The number of nitrogens with one attached hydrogen (secondary N) is 1. The minimum Gasteiger partial charge on any atom is -0.486 e. The summed E-state index contributed by atoms with van der Waals surface area (Å²) < 4.78 is 23.0. The molecule has 2 aliphatic heterocycles. The molecule has 0 spiro atoms. The van der Waals surface area contributed by atoms with Crippen LogP contribution >= 0.6 is 15.9 Å². The summed E-state index contributed by atoms with van der Waals surface area (Å²) in [4.78, 5) is 0. The third kappa shape index (κ3) is 3.09. The van der Waals surface area contributed by atoms with Gasteiger partial charge in [-0.05, 0) is 24.6 Å². The van der Waals surface area contributed by atoms with Gasteiger partial charge in [-0.3, -0.25) is 0 Å². The number of halogens is 1. The van der Waals surface area contributed by atoms with Crippen molar-refractivity contribution in [3.63, 3.8) is 0 Å². The summed E-state index contributed by atoms with van der Waals surface area (Å²) >= 11 is 3.59. The Bertz CT molecular complexity index is 476. The van der Waals surface area contributed by atoms with E-state index in [1.165, 1.54) is 0 Å². The Morgan fingerprint density at radius 2 is 1.80 bits per heavy atom. The molecule has 20 heavy (non-hydrogen) atoms. The van der Waals surface area contributed by atoms with Crippen LogP contribution in [0.25, 0.3) is 0 Å². The molecule has 3 rings (SSSR count). The van der Waals surface area contributed by atoms with Gasteiger partial charge in [-0.1, -0.05) is 15.9 Å². The standard InChI is InChI=1S/C14H18BrNO4/c1-9(16-8-14-19-4-5-20-14)10-6-12-13(7-11(10)15)18-3-2-17-12/h6-7,9,14,16H,2-5,8H2,1H3/t9-/m1/s1. The molecular weight excluding hydrogens is 326 g/mol. The zero-order chi connectivity index (χ0) is 13.9. The molecule has 0 aliphatic carbocycles. The number of rotatable bonds is 4. The topological polar surface area (TPSA) is 49.0 Å². The molecule has 0 unspecified atom stereocenters. The van der Waals surface area contributed by atoms with Crippen molar-refractivity contribution in [2.75, 3.05) is 33.0 Å². The number of hydrogen-bond acceptors (Lipinski definition) is 5. The monoisotopic (exact) mass is 343 g/mol. The van der Waals surface area contributed by atoms with Crippen molar-refractivity contribution in [1.29, 1.82) is 0 Å². The van der Waals surface area contributed by atoms with Crippen molar-refractivity contribution in [2.24, 2.45) is 0 Å². The first-order valence-electron chi connectivity index (χ1n) is 6.79. The highest BCUT2D eigenvalue weighted by atomic mass is 79.9. The van der Waals surface area contributed by atoms with Crippen LogP contribution in [0, 0.1) is 0 Å². The number of fused-ring (bicyclic) bond motifs is 1. The Morgan fingerprint density at radius 3 is 2.50 bits per heavy atom. The highest BCUT2D eigenvalue weighted by molar-refractivity contribution is 9.10. The third-order valence-corrected chi connectivity index (χ3v) is 4.10. The van der Waals surface area contributed by atoms with Crippen molar-refractivity contribution in [1.82, 2.24) is 5.32 Å². The molecule has 0 aromatic heterocycles. The number of ether oxygens (including phenoxy) is 4. The van der Waals surface area contributed by atoms with Crippen LogP contribution in [0.1, 0.15) is 18.5 Å². The van der Waals surface area contributed by atoms with Gasteiger partial charge in [0.15, 0.2) is 17.8 Å². The second kappa shape index (κ2) is 6.30. The molecule has 2 heterocycles. The molecular formula is C14H18BrNO4. The van der Waals surface area contributed by atoms with Crippen LogP contribution in [0.3, 0.4) is 0 Å². The Hall–Kier alpha value is -0.820. The summed E-state index contributed by atoms with van der Waals surface area (Å²) in [6.07, 6.45) is -0.145. The highest BCUT2D eigenvalue weighted by Crippen LogP contribution is 2.37. The molecule has 6 heteroatoms. The molecule has 1 N–H and O–H groups in total. The minimum absolute atomic E-state index is 0.145. The van der Waals surface area contributed by atoms with Gasteiger partial charge in [-0.15, -0.1) is 0 Å². The lowest BCUT2D eigenvalue weighted by Gasteiger charge is -2.23. The van der Waals surface area contributed by atoms with Gasteiger partial charge in [0, 0.05) is 17.1 Å². The SMILES string of the molecule is C[C@@H](NCC1OCCO1)c1cc2c(cc1Br)OCCO2. The first-order chi connectivity index (χ1) is 9.74. The maximum atomic E-state index is 5.62. The average molecular weight is 344 g/mol. The van der Waals surface area contributed by atoms with E-state index in [-0.39, 0.29) is 12.3 Å². The van der Waals surface area contributed by atoms with Gasteiger partial charge in [-0.2, -0.15) is 0 Å². The second-order valence-corrected chi connectivity index (χ2v) is 5.67. The van der Waals surface area contributed by atoms with Gasteiger partial charge < -0.3 is 24.3 Å². The maximum absolute atomic E-state index is 5.62. The number of hydrogen-bond donors (Lipinski definition) is 1. The summed E-state index contributed by atoms with van der Waals surface area (Å²) in [6, 6.07) is 4.14. The van der Waals surface area contributed by atoms with Gasteiger partial charge in [-0.25, -0.2) is 0 Å². The molecule has 2 aliphatic rings. The second-order valence-electron chi connectivity index (χ2n) is 4.82. The van der Waals surface area contributed by atoms with E-state index in [1.807, 2.05) is 12.1 Å². The lowest BCUT2D eigenvalue weighted by atomic mass is 10.1. The molecule has 1 aromatic rings. The first kappa shape index (κ1) is 14.1. The summed E-state index contributed by atoms with van der Waals surface area (Å²) in [5.41, 5.74) is 1.13. The molecule has 110 valence electrons. The predicted molar refractivity (Wildman–Crippen MR) is 77.2 cm³/mol. The predicted octanol–water partition coefficient (Wildman–Crippen LogP) is 2.24. The van der Waals surface area contributed by atoms with Crippen molar-refractivity contribution in [2.45, 2.75) is 19.3 Å². The Kier molecular flexibility index (Phi) is 4.45. The van der Waals surface area contributed by atoms with Gasteiger partial charge in [0.1, 0.15) is 13.2 Å². The highest BCUT2D eigenvalue weighted by Gasteiger charge is 2.20. The van der Waals surface area contributed by atoms with E-state index in [0.29, 0.717) is 33.0 Å². The van der Waals surface area contributed by atoms with E-state index < -0.39 is 0 Å². The fourth-order valence-electron chi connectivity index (χ4n) is 2.32. The van der Waals surface area contributed by atoms with Gasteiger partial charge in [0.05, 0.1) is 13.2 Å². The molecule has 1 aromatic carbocycles. The zero-order valence-corrected chi connectivity index (χ0v) is 12.9. The van der Waals surface area contributed by atoms with Crippen LogP contribution in [0.5, 0.6) is 11.5 Å². The van der Waals surface area contributed by atoms with Gasteiger partial charge in [0.25, 0.3) is 0 Å². The Balaban J connectivity index is 1.68. The summed E-state index contributed by atoms with van der Waals surface area (Å²) in [7, 11) is 0. The largest absolute Gasteiger partial charge is 0.486 e. The Morgan fingerprint density at radius 1 is 1.15 bits per heavy atom. The lowest BCUT2D eigenvalue weighted by Crippen LogP contribution is -2.30. The summed E-state index contributed by atoms with van der Waals surface area (Å²) in [5.74, 6) is 1.60.